The van der Waals surface area contributed by atoms with Crippen LogP contribution in [0.1, 0.15) is 1.43 Å². The second-order valence-corrected chi connectivity index (χ2v) is 13.1. The van der Waals surface area contributed by atoms with Crippen molar-refractivity contribution < 1.29 is 114 Å². The molecule has 2 aromatic rings. The van der Waals surface area contributed by atoms with Crippen molar-refractivity contribution in [2.45, 2.75) is 9.79 Å². The molecule has 0 atom stereocenters. The monoisotopic (exact) mass is 758 g/mol. The molecule has 0 radical (unpaired) electrons. The van der Waals surface area contributed by atoms with E-state index in [-0.39, 0.29) is 98.8 Å². The molecule has 0 aliphatic heterocycles. The third kappa shape index (κ3) is 8.09. The quantitative estimate of drug-likeness (QED) is 0.221. The van der Waals surface area contributed by atoms with Gasteiger partial charge in [0.1, 0.15) is 0 Å². The molecule has 7 nitrogen and oxygen atoms in total. The molecule has 0 spiro atoms. The first-order valence-electron chi connectivity index (χ1n) is 5.94. The third-order valence-electron chi connectivity index (χ3n) is 2.57. The normalized spacial score (nSPS) is 11.1. The molecule has 118 valence electrons. The van der Waals surface area contributed by atoms with Crippen molar-refractivity contribution in [2.75, 3.05) is 0 Å². The molecule has 2 rings (SSSR count). The summed E-state index contributed by atoms with van der Waals surface area (Å²) in [7, 11) is -8.10. The van der Waals surface area contributed by atoms with Crippen LogP contribution in [0.4, 0.5) is 0 Å². The molecule has 0 heterocycles. The van der Waals surface area contributed by atoms with Crippen molar-refractivity contribution in [3.8, 4) is 5.75 Å². The van der Waals surface area contributed by atoms with Gasteiger partial charge in [-0.2, -0.15) is 0 Å². The van der Waals surface area contributed by atoms with Crippen LogP contribution in [-0.4, -0.2) is 31.0 Å². The van der Waals surface area contributed by atoms with E-state index in [9.17, 15) is 16.8 Å². The fraction of sp³-hybridized carbons (Fsp3) is 0. The zero-order valence-corrected chi connectivity index (χ0v) is 27.4. The van der Waals surface area contributed by atoms with Crippen LogP contribution in [0.15, 0.2) is 52.3 Å². The molecule has 0 saturated carbocycles. The van der Waals surface area contributed by atoms with Crippen molar-refractivity contribution >= 4 is 26.4 Å². The maximum Gasteiger partial charge on any atom is 1.00 e. The zero-order valence-electron chi connectivity index (χ0n) is 13.7. The summed E-state index contributed by atoms with van der Waals surface area (Å²) in [6, 6.07) is 10.3. The number of phenols is 1. The van der Waals surface area contributed by atoms with E-state index >= 15 is 0 Å². The fourth-order valence-corrected chi connectivity index (χ4v) is 9.37. The molecule has 0 aromatic heterocycles. The molecule has 3 N–H and O–H groups in total. The smallest absolute Gasteiger partial charge is 1.00 e. The van der Waals surface area contributed by atoms with Crippen molar-refractivity contribution in [3.63, 3.8) is 0 Å². The van der Waals surface area contributed by atoms with Gasteiger partial charge in [0.25, 0.3) is 0 Å². The van der Waals surface area contributed by atoms with Crippen LogP contribution in [0.3, 0.4) is 0 Å². The Labute approximate surface area is 196 Å². The van der Waals surface area contributed by atoms with E-state index < -0.39 is 20.2 Å². The fourth-order valence-electron chi connectivity index (χ4n) is 1.57. The van der Waals surface area contributed by atoms with Crippen LogP contribution in [0.2, 0.25) is 0 Å². The number of rotatable bonds is 2. The Bertz CT molecular complexity index is 921. The SMILES string of the molecule is O=S(=O)(O)c1ccc(O)c[c]1[Hg].O=S(=O)(O)c1cccc[c]1[Hg].[H-].[Na+]. The van der Waals surface area contributed by atoms with Crippen molar-refractivity contribution in [1.82, 2.24) is 0 Å². The summed E-state index contributed by atoms with van der Waals surface area (Å²) < 4.78 is 61.2. The van der Waals surface area contributed by atoms with Crippen molar-refractivity contribution in [1.29, 1.82) is 0 Å². The first-order valence-corrected chi connectivity index (χ1v) is 14.3. The van der Waals surface area contributed by atoms with Crippen molar-refractivity contribution in [2.24, 2.45) is 0 Å². The van der Waals surface area contributed by atoms with E-state index in [0.717, 1.165) is 3.07 Å². The van der Waals surface area contributed by atoms with Gasteiger partial charge in [0.2, 0.25) is 0 Å². The number of hydrogen-bond acceptors (Lipinski definition) is 5. The molecular weight excluding hydrogens is 744 g/mol. The minimum atomic E-state index is -4.11. The van der Waals surface area contributed by atoms with Crippen LogP contribution in [0, 0.1) is 0 Å². The molecule has 12 heteroatoms. The topological polar surface area (TPSA) is 129 Å². The van der Waals surface area contributed by atoms with Gasteiger partial charge in [-0.05, 0) is 0 Å². The van der Waals surface area contributed by atoms with Gasteiger partial charge in [-0.15, -0.1) is 0 Å². The molecule has 24 heavy (non-hydrogen) atoms. The van der Waals surface area contributed by atoms with E-state index in [1.807, 2.05) is 0 Å². The van der Waals surface area contributed by atoms with Gasteiger partial charge in [0, 0.05) is 0 Å². The van der Waals surface area contributed by atoms with Crippen LogP contribution in [-0.2, 0) is 72.5 Å². The number of phenolic OH excluding ortho intramolecular Hbond substituents is 1. The van der Waals surface area contributed by atoms with Crippen LogP contribution in [0.5, 0.6) is 5.75 Å². The first kappa shape index (κ1) is 24.9. The number of aromatic hydroxyl groups is 1. The second-order valence-electron chi connectivity index (χ2n) is 4.35. The molecule has 0 bridgehead atoms. The molecule has 0 saturated heterocycles. The van der Waals surface area contributed by atoms with Crippen LogP contribution < -0.4 is 35.7 Å². The maximum absolute atomic E-state index is 10.7. The Morgan fingerprint density at radius 1 is 0.792 bits per heavy atom. The summed E-state index contributed by atoms with van der Waals surface area (Å²) in [5.41, 5.74) is 0. The predicted octanol–water partition coefficient (Wildman–Crippen LogP) is -2.97. The molecule has 0 amide bonds. The van der Waals surface area contributed by atoms with Crippen LogP contribution in [0.25, 0.3) is 0 Å². The Morgan fingerprint density at radius 2 is 1.25 bits per heavy atom. The van der Waals surface area contributed by atoms with E-state index in [1.165, 1.54) is 24.3 Å². The third-order valence-corrected chi connectivity index (χ3v) is 11.1. The summed E-state index contributed by atoms with van der Waals surface area (Å²) in [6.07, 6.45) is 0. The minimum Gasteiger partial charge on any atom is -1.00 e. The zero-order chi connectivity index (χ0) is 17.8. The predicted molar refractivity (Wildman–Crippen MR) is 74.6 cm³/mol. The van der Waals surface area contributed by atoms with Crippen molar-refractivity contribution in [3.05, 3.63) is 42.5 Å². The van der Waals surface area contributed by atoms with Gasteiger partial charge in [-0.1, -0.05) is 0 Å². The minimum absolute atomic E-state index is 0. The molecule has 0 aliphatic rings. The number of hydrogen-bond donors (Lipinski definition) is 3. The van der Waals surface area contributed by atoms with Crippen LogP contribution >= 0.6 is 0 Å². The molecular formula is C12H11Hg2NaO7S2. The van der Waals surface area contributed by atoms with Gasteiger partial charge in [0.05, 0.1) is 0 Å². The van der Waals surface area contributed by atoms with Gasteiger partial charge in [-0.25, -0.2) is 0 Å². The molecule has 2 aromatic carbocycles. The van der Waals surface area contributed by atoms with Gasteiger partial charge in [-0.3, -0.25) is 0 Å². The van der Waals surface area contributed by atoms with Gasteiger partial charge >= 0.3 is 197 Å². The Hall–Kier alpha value is 0.930. The Balaban J connectivity index is 0. The van der Waals surface area contributed by atoms with E-state index in [0.29, 0.717) is 3.07 Å². The largest absolute Gasteiger partial charge is 1.00 e. The van der Waals surface area contributed by atoms with E-state index in [4.69, 9.17) is 14.2 Å². The summed E-state index contributed by atoms with van der Waals surface area (Å²) >= 11 is 0.255. The Morgan fingerprint density at radius 3 is 1.62 bits per heavy atom. The number of benzene rings is 2. The van der Waals surface area contributed by atoms with E-state index in [1.54, 1.807) is 18.2 Å². The average molecular weight is 756 g/mol. The summed E-state index contributed by atoms with van der Waals surface area (Å²) in [4.78, 5) is -0.0352. The molecule has 0 unspecified atom stereocenters. The maximum atomic E-state index is 10.7. The Kier molecular flexibility index (Phi) is 10.7. The first-order chi connectivity index (χ1) is 10.4. The summed E-state index contributed by atoms with van der Waals surface area (Å²) in [6.45, 7) is 0. The summed E-state index contributed by atoms with van der Waals surface area (Å²) in [5.74, 6) is 0.0207. The van der Waals surface area contributed by atoms with Gasteiger partial charge in [0.15, 0.2) is 0 Å². The molecule has 0 aliphatic carbocycles. The van der Waals surface area contributed by atoms with Gasteiger partial charge < -0.3 is 1.43 Å². The summed E-state index contributed by atoms with van der Waals surface area (Å²) in [5, 5.41) is 8.96. The second kappa shape index (κ2) is 10.3. The van der Waals surface area contributed by atoms with E-state index in [2.05, 4.69) is 0 Å². The standard InChI is InChI=1S/C6H5O4S.C6H5O3S.2Hg.Na.H/c7-5-1-3-6(4-2-5)11(8,9)10;7-10(8,9)6-4-2-1-3-5-6;;;;/h1-3,7H,(H,8,9,10);1-4H,(H,7,8,9);;;;/q;;;;+1;-1. The average Bonchev–Trinajstić information content (AvgIpc) is 2.36. The molecule has 0 fully saturated rings.